The number of hydrogen-bond acceptors (Lipinski definition) is 4. The van der Waals surface area contributed by atoms with E-state index in [1.165, 1.54) is 0 Å². The number of furan rings is 1. The predicted molar refractivity (Wildman–Crippen MR) is 71.1 cm³/mol. The fourth-order valence-electron chi connectivity index (χ4n) is 2.07. The van der Waals surface area contributed by atoms with E-state index in [2.05, 4.69) is 20.8 Å². The number of aromatic amines is 1. The van der Waals surface area contributed by atoms with Crippen LogP contribution in [-0.2, 0) is 19.5 Å². The van der Waals surface area contributed by atoms with Crippen LogP contribution in [0.25, 0.3) is 0 Å². The Bertz CT molecular complexity index is 550. The van der Waals surface area contributed by atoms with Crippen molar-refractivity contribution in [2.24, 2.45) is 0 Å². The van der Waals surface area contributed by atoms with Crippen LogP contribution in [0, 0.1) is 0 Å². The van der Waals surface area contributed by atoms with Crippen molar-refractivity contribution in [1.82, 2.24) is 20.8 Å². The zero-order valence-corrected chi connectivity index (χ0v) is 11.0. The summed E-state index contributed by atoms with van der Waals surface area (Å²) in [7, 11) is 0. The SMILES string of the molecule is Cl.O=C(NCc1ccoc1)c1n[nH]c2c1CNCC2. The van der Waals surface area contributed by atoms with Crippen LogP contribution in [0.5, 0.6) is 0 Å². The third-order valence-corrected chi connectivity index (χ3v) is 3.05. The highest BCUT2D eigenvalue weighted by Gasteiger charge is 2.21. The Kier molecular flexibility index (Phi) is 4.24. The van der Waals surface area contributed by atoms with E-state index in [4.69, 9.17) is 4.42 Å². The molecule has 102 valence electrons. The maximum atomic E-state index is 12.0. The minimum absolute atomic E-state index is 0. The van der Waals surface area contributed by atoms with Gasteiger partial charge in [0, 0.05) is 42.9 Å². The molecule has 7 heteroatoms. The van der Waals surface area contributed by atoms with Gasteiger partial charge >= 0.3 is 0 Å². The molecule has 3 N–H and O–H groups in total. The molecule has 6 nitrogen and oxygen atoms in total. The molecule has 2 aromatic rings. The van der Waals surface area contributed by atoms with Crippen molar-refractivity contribution in [1.29, 1.82) is 0 Å². The molecule has 1 amide bonds. The Morgan fingerprint density at radius 3 is 3.21 bits per heavy atom. The molecule has 0 aliphatic carbocycles. The summed E-state index contributed by atoms with van der Waals surface area (Å²) in [6, 6.07) is 1.82. The van der Waals surface area contributed by atoms with Crippen molar-refractivity contribution >= 4 is 18.3 Å². The first kappa shape index (κ1) is 13.6. The Morgan fingerprint density at radius 1 is 1.53 bits per heavy atom. The molecule has 0 atom stereocenters. The Hall–Kier alpha value is -1.79. The van der Waals surface area contributed by atoms with Crippen LogP contribution in [-0.4, -0.2) is 22.6 Å². The first-order chi connectivity index (χ1) is 8.84. The van der Waals surface area contributed by atoms with Gasteiger partial charge in [-0.25, -0.2) is 0 Å². The second kappa shape index (κ2) is 5.90. The van der Waals surface area contributed by atoms with E-state index in [1.54, 1.807) is 12.5 Å². The van der Waals surface area contributed by atoms with Crippen molar-refractivity contribution in [3.63, 3.8) is 0 Å². The minimum Gasteiger partial charge on any atom is -0.472 e. The molecule has 2 aromatic heterocycles. The van der Waals surface area contributed by atoms with Gasteiger partial charge < -0.3 is 15.1 Å². The average Bonchev–Trinajstić information content (AvgIpc) is 3.05. The molecule has 0 aromatic carbocycles. The molecule has 3 rings (SSSR count). The van der Waals surface area contributed by atoms with Crippen LogP contribution in [0.15, 0.2) is 23.0 Å². The van der Waals surface area contributed by atoms with Gasteiger partial charge in [-0.15, -0.1) is 12.4 Å². The summed E-state index contributed by atoms with van der Waals surface area (Å²) in [6.07, 6.45) is 4.08. The lowest BCUT2D eigenvalue weighted by atomic mass is 10.1. The summed E-state index contributed by atoms with van der Waals surface area (Å²) in [5.41, 5.74) is 3.46. The van der Waals surface area contributed by atoms with Gasteiger partial charge in [0.1, 0.15) is 0 Å². The fourth-order valence-corrected chi connectivity index (χ4v) is 2.07. The molecule has 0 saturated heterocycles. The molecular weight excluding hydrogens is 268 g/mol. The van der Waals surface area contributed by atoms with Crippen molar-refractivity contribution in [3.05, 3.63) is 41.1 Å². The second-order valence-corrected chi connectivity index (χ2v) is 4.27. The number of fused-ring (bicyclic) bond motifs is 1. The Morgan fingerprint density at radius 2 is 2.42 bits per heavy atom. The quantitative estimate of drug-likeness (QED) is 0.784. The van der Waals surface area contributed by atoms with Crippen LogP contribution < -0.4 is 10.6 Å². The van der Waals surface area contributed by atoms with Crippen molar-refractivity contribution in [2.75, 3.05) is 6.54 Å². The molecular formula is C12H15ClN4O2. The lowest BCUT2D eigenvalue weighted by Crippen LogP contribution is -2.28. The van der Waals surface area contributed by atoms with E-state index in [0.29, 0.717) is 18.8 Å². The average molecular weight is 283 g/mol. The summed E-state index contributed by atoms with van der Waals surface area (Å²) in [5, 5.41) is 13.1. The molecule has 0 saturated carbocycles. The molecule has 0 bridgehead atoms. The second-order valence-electron chi connectivity index (χ2n) is 4.27. The monoisotopic (exact) mass is 282 g/mol. The van der Waals surface area contributed by atoms with Gasteiger partial charge in [-0.3, -0.25) is 9.89 Å². The first-order valence-electron chi connectivity index (χ1n) is 5.90. The summed E-state index contributed by atoms with van der Waals surface area (Å²) in [4.78, 5) is 12.0. The van der Waals surface area contributed by atoms with E-state index >= 15 is 0 Å². The van der Waals surface area contributed by atoms with E-state index in [-0.39, 0.29) is 18.3 Å². The van der Waals surface area contributed by atoms with Gasteiger partial charge in [0.25, 0.3) is 5.91 Å². The van der Waals surface area contributed by atoms with Crippen LogP contribution >= 0.6 is 12.4 Å². The van der Waals surface area contributed by atoms with Gasteiger partial charge in [0.05, 0.1) is 12.5 Å². The highest BCUT2D eigenvalue weighted by Crippen LogP contribution is 2.15. The van der Waals surface area contributed by atoms with Crippen LogP contribution in [0.3, 0.4) is 0 Å². The fraction of sp³-hybridized carbons (Fsp3) is 0.333. The summed E-state index contributed by atoms with van der Waals surface area (Å²) in [6.45, 7) is 2.07. The number of rotatable bonds is 3. The molecule has 0 fully saturated rings. The standard InChI is InChI=1S/C12H14N4O2.ClH/c17-12(14-5-8-2-4-18-7-8)11-9-6-13-3-1-10(9)15-16-11;/h2,4,7,13H,1,3,5-6H2,(H,14,17)(H,15,16);1H. The molecule has 0 radical (unpaired) electrons. The number of carbonyl (C=O) groups is 1. The van der Waals surface area contributed by atoms with Crippen molar-refractivity contribution in [3.8, 4) is 0 Å². The van der Waals surface area contributed by atoms with Gasteiger partial charge in [-0.1, -0.05) is 0 Å². The number of nitrogens with zero attached hydrogens (tertiary/aromatic N) is 1. The molecule has 3 heterocycles. The van der Waals surface area contributed by atoms with E-state index < -0.39 is 0 Å². The van der Waals surface area contributed by atoms with E-state index in [0.717, 1.165) is 29.8 Å². The highest BCUT2D eigenvalue weighted by molar-refractivity contribution is 5.93. The van der Waals surface area contributed by atoms with Crippen LogP contribution in [0.1, 0.15) is 27.3 Å². The zero-order chi connectivity index (χ0) is 12.4. The van der Waals surface area contributed by atoms with Crippen LogP contribution in [0.2, 0.25) is 0 Å². The van der Waals surface area contributed by atoms with Gasteiger partial charge in [0.15, 0.2) is 5.69 Å². The lowest BCUT2D eigenvalue weighted by molar-refractivity contribution is 0.0944. The number of carbonyl (C=O) groups excluding carboxylic acids is 1. The Labute approximate surface area is 116 Å². The maximum absolute atomic E-state index is 12.0. The van der Waals surface area contributed by atoms with Gasteiger partial charge in [0.2, 0.25) is 0 Å². The number of H-pyrrole nitrogens is 1. The normalized spacial score (nSPS) is 13.5. The summed E-state index contributed by atoms with van der Waals surface area (Å²) >= 11 is 0. The maximum Gasteiger partial charge on any atom is 0.272 e. The third kappa shape index (κ3) is 2.80. The number of amides is 1. The van der Waals surface area contributed by atoms with Gasteiger partial charge in [-0.05, 0) is 6.07 Å². The summed E-state index contributed by atoms with van der Waals surface area (Å²) < 4.78 is 4.94. The minimum atomic E-state index is -0.155. The number of aromatic nitrogens is 2. The van der Waals surface area contributed by atoms with Gasteiger partial charge in [-0.2, -0.15) is 5.10 Å². The highest BCUT2D eigenvalue weighted by atomic mass is 35.5. The molecule has 0 unspecified atom stereocenters. The topological polar surface area (TPSA) is 83.0 Å². The lowest BCUT2D eigenvalue weighted by Gasteiger charge is -2.12. The Balaban J connectivity index is 0.00000133. The van der Waals surface area contributed by atoms with E-state index in [9.17, 15) is 4.79 Å². The van der Waals surface area contributed by atoms with Crippen LogP contribution in [0.4, 0.5) is 0 Å². The number of hydrogen-bond donors (Lipinski definition) is 3. The number of halogens is 1. The predicted octanol–water partition coefficient (Wildman–Crippen LogP) is 1.00. The van der Waals surface area contributed by atoms with Crippen molar-refractivity contribution < 1.29 is 9.21 Å². The molecule has 0 spiro atoms. The third-order valence-electron chi connectivity index (χ3n) is 3.05. The number of nitrogens with one attached hydrogen (secondary N) is 3. The largest absolute Gasteiger partial charge is 0.472 e. The summed E-state index contributed by atoms with van der Waals surface area (Å²) in [5.74, 6) is -0.155. The molecule has 19 heavy (non-hydrogen) atoms. The molecule has 1 aliphatic rings. The van der Waals surface area contributed by atoms with E-state index in [1.807, 2.05) is 6.07 Å². The smallest absolute Gasteiger partial charge is 0.272 e. The zero-order valence-electron chi connectivity index (χ0n) is 10.2. The first-order valence-corrected chi connectivity index (χ1v) is 5.90. The molecule has 1 aliphatic heterocycles. The van der Waals surface area contributed by atoms with Crippen molar-refractivity contribution in [2.45, 2.75) is 19.5 Å².